The maximum absolute atomic E-state index is 11.1. The second-order valence-electron chi connectivity index (χ2n) is 3.84. The predicted molar refractivity (Wildman–Crippen MR) is 60.6 cm³/mol. The molecule has 0 atom stereocenters. The Morgan fingerprint density at radius 3 is 2.94 bits per heavy atom. The standard InChI is InChI=1S/C11H14N4O2/c1-7-9(4-5-10(16)17-3)8(2)15-6-12-14-11(15)13-7/h6H,4-5H2,1-3H3. The van der Waals surface area contributed by atoms with E-state index >= 15 is 0 Å². The maximum Gasteiger partial charge on any atom is 0.305 e. The number of hydrogen-bond acceptors (Lipinski definition) is 5. The lowest BCUT2D eigenvalue weighted by molar-refractivity contribution is -0.140. The Hall–Kier alpha value is -1.98. The monoisotopic (exact) mass is 234 g/mol. The lowest BCUT2D eigenvalue weighted by Gasteiger charge is -2.09. The van der Waals surface area contributed by atoms with Crippen molar-refractivity contribution in [2.75, 3.05) is 7.11 Å². The highest BCUT2D eigenvalue weighted by Gasteiger charge is 2.11. The van der Waals surface area contributed by atoms with Gasteiger partial charge in [-0.05, 0) is 25.8 Å². The summed E-state index contributed by atoms with van der Waals surface area (Å²) in [5.74, 6) is 0.370. The molecule has 0 aromatic carbocycles. The van der Waals surface area contributed by atoms with Crippen LogP contribution >= 0.6 is 0 Å². The van der Waals surface area contributed by atoms with E-state index in [9.17, 15) is 4.79 Å². The van der Waals surface area contributed by atoms with E-state index in [4.69, 9.17) is 0 Å². The number of carbonyl (C=O) groups is 1. The van der Waals surface area contributed by atoms with Gasteiger partial charge in [0.15, 0.2) is 0 Å². The van der Waals surface area contributed by atoms with Crippen molar-refractivity contribution < 1.29 is 9.53 Å². The summed E-state index contributed by atoms with van der Waals surface area (Å²) in [7, 11) is 1.39. The number of fused-ring (bicyclic) bond motifs is 1. The average Bonchev–Trinajstić information content (AvgIpc) is 2.76. The smallest absolute Gasteiger partial charge is 0.305 e. The van der Waals surface area contributed by atoms with Crippen molar-refractivity contribution in [2.24, 2.45) is 0 Å². The lowest BCUT2D eigenvalue weighted by Crippen LogP contribution is -2.08. The molecule has 0 radical (unpaired) electrons. The molecule has 17 heavy (non-hydrogen) atoms. The van der Waals surface area contributed by atoms with Crippen molar-refractivity contribution >= 4 is 11.7 Å². The van der Waals surface area contributed by atoms with Gasteiger partial charge in [0.25, 0.3) is 5.78 Å². The van der Waals surface area contributed by atoms with E-state index in [0.29, 0.717) is 18.6 Å². The number of nitrogens with zero attached hydrogens (tertiary/aromatic N) is 4. The molecule has 0 aliphatic carbocycles. The molecular formula is C11H14N4O2. The van der Waals surface area contributed by atoms with Gasteiger partial charge >= 0.3 is 5.97 Å². The molecule has 0 fully saturated rings. The first-order valence-electron chi connectivity index (χ1n) is 5.36. The van der Waals surface area contributed by atoms with E-state index in [1.54, 1.807) is 6.33 Å². The van der Waals surface area contributed by atoms with Gasteiger partial charge in [-0.15, -0.1) is 10.2 Å². The van der Waals surface area contributed by atoms with E-state index in [-0.39, 0.29) is 5.97 Å². The summed E-state index contributed by atoms with van der Waals surface area (Å²) in [6, 6.07) is 0. The summed E-state index contributed by atoms with van der Waals surface area (Å²) in [5, 5.41) is 7.72. The number of rotatable bonds is 3. The van der Waals surface area contributed by atoms with Crippen molar-refractivity contribution in [3.63, 3.8) is 0 Å². The van der Waals surface area contributed by atoms with Crippen molar-refractivity contribution in [3.05, 3.63) is 23.3 Å². The van der Waals surface area contributed by atoms with Crippen molar-refractivity contribution in [1.82, 2.24) is 19.6 Å². The SMILES string of the molecule is COC(=O)CCc1c(C)nc2nncn2c1C. The average molecular weight is 234 g/mol. The Balaban J connectivity index is 2.35. The van der Waals surface area contributed by atoms with Crippen LogP contribution in [0.2, 0.25) is 0 Å². The van der Waals surface area contributed by atoms with Gasteiger partial charge in [0.2, 0.25) is 0 Å². The van der Waals surface area contributed by atoms with Crippen LogP contribution < -0.4 is 0 Å². The Morgan fingerprint density at radius 1 is 1.47 bits per heavy atom. The van der Waals surface area contributed by atoms with Gasteiger partial charge in [-0.1, -0.05) is 0 Å². The molecule has 0 unspecified atom stereocenters. The summed E-state index contributed by atoms with van der Waals surface area (Å²) in [4.78, 5) is 15.5. The molecule has 2 heterocycles. The molecule has 90 valence electrons. The lowest BCUT2D eigenvalue weighted by atomic mass is 10.1. The van der Waals surface area contributed by atoms with Gasteiger partial charge in [-0.2, -0.15) is 0 Å². The van der Waals surface area contributed by atoms with Crippen molar-refractivity contribution in [2.45, 2.75) is 26.7 Å². The molecule has 0 aliphatic heterocycles. The minimum atomic E-state index is -0.215. The van der Waals surface area contributed by atoms with Crippen LogP contribution in [0.25, 0.3) is 5.78 Å². The highest BCUT2D eigenvalue weighted by atomic mass is 16.5. The molecule has 0 amide bonds. The second-order valence-corrected chi connectivity index (χ2v) is 3.84. The van der Waals surface area contributed by atoms with Crippen LogP contribution in [0.1, 0.15) is 23.4 Å². The molecule has 2 rings (SSSR count). The number of ether oxygens (including phenoxy) is 1. The highest BCUT2D eigenvalue weighted by Crippen LogP contribution is 2.15. The zero-order valence-electron chi connectivity index (χ0n) is 10.1. The number of esters is 1. The Kier molecular flexibility index (Phi) is 3.03. The summed E-state index contributed by atoms with van der Waals surface area (Å²) >= 11 is 0. The highest BCUT2D eigenvalue weighted by molar-refractivity contribution is 5.69. The van der Waals surface area contributed by atoms with Crippen LogP contribution in [-0.2, 0) is 16.0 Å². The second kappa shape index (κ2) is 4.48. The Labute approximate surface area is 98.6 Å². The largest absolute Gasteiger partial charge is 0.469 e. The van der Waals surface area contributed by atoms with Gasteiger partial charge in [0.1, 0.15) is 6.33 Å². The number of aryl methyl sites for hydroxylation is 2. The van der Waals surface area contributed by atoms with E-state index in [0.717, 1.165) is 17.0 Å². The minimum absolute atomic E-state index is 0.215. The number of carbonyl (C=O) groups excluding carboxylic acids is 1. The van der Waals surface area contributed by atoms with Crippen molar-refractivity contribution in [1.29, 1.82) is 0 Å². The van der Waals surface area contributed by atoms with Gasteiger partial charge in [0.05, 0.1) is 7.11 Å². The normalized spacial score (nSPS) is 10.8. The summed E-state index contributed by atoms with van der Waals surface area (Å²) < 4.78 is 6.45. The van der Waals surface area contributed by atoms with E-state index in [2.05, 4.69) is 19.9 Å². The molecule has 0 spiro atoms. The van der Waals surface area contributed by atoms with Gasteiger partial charge < -0.3 is 4.74 Å². The van der Waals surface area contributed by atoms with Crippen LogP contribution in [-0.4, -0.2) is 32.7 Å². The molecule has 6 nitrogen and oxygen atoms in total. The van der Waals surface area contributed by atoms with E-state index in [1.165, 1.54) is 7.11 Å². The zero-order chi connectivity index (χ0) is 12.4. The first kappa shape index (κ1) is 11.5. The third-order valence-corrected chi connectivity index (χ3v) is 2.84. The quantitative estimate of drug-likeness (QED) is 0.736. The molecule has 0 saturated carbocycles. The third-order valence-electron chi connectivity index (χ3n) is 2.84. The van der Waals surface area contributed by atoms with Crippen LogP contribution in [0.4, 0.5) is 0 Å². The molecule has 6 heteroatoms. The maximum atomic E-state index is 11.1. The summed E-state index contributed by atoms with van der Waals surface area (Å²) in [6.07, 6.45) is 2.59. The van der Waals surface area contributed by atoms with E-state index < -0.39 is 0 Å². The molecule has 0 aliphatic rings. The molecule has 0 saturated heterocycles. The fraction of sp³-hybridized carbons (Fsp3) is 0.455. The predicted octanol–water partition coefficient (Wildman–Crippen LogP) is 0.847. The Morgan fingerprint density at radius 2 is 2.24 bits per heavy atom. The first-order valence-corrected chi connectivity index (χ1v) is 5.36. The van der Waals surface area contributed by atoms with Gasteiger partial charge in [-0.25, -0.2) is 4.98 Å². The number of hydrogen-bond donors (Lipinski definition) is 0. The number of aromatic nitrogens is 4. The molecular weight excluding hydrogens is 220 g/mol. The molecule has 2 aromatic rings. The minimum Gasteiger partial charge on any atom is -0.469 e. The topological polar surface area (TPSA) is 69.4 Å². The fourth-order valence-corrected chi connectivity index (χ4v) is 1.86. The molecule has 0 N–H and O–H groups in total. The van der Waals surface area contributed by atoms with Crippen LogP contribution in [0.3, 0.4) is 0 Å². The van der Waals surface area contributed by atoms with Gasteiger partial charge in [0, 0.05) is 17.8 Å². The van der Waals surface area contributed by atoms with Crippen LogP contribution in [0.5, 0.6) is 0 Å². The fourth-order valence-electron chi connectivity index (χ4n) is 1.86. The summed E-state index contributed by atoms with van der Waals surface area (Å²) in [5.41, 5.74) is 2.94. The van der Waals surface area contributed by atoms with Crippen LogP contribution in [0, 0.1) is 13.8 Å². The zero-order valence-corrected chi connectivity index (χ0v) is 10.1. The summed E-state index contributed by atoms with van der Waals surface area (Å²) in [6.45, 7) is 3.88. The first-order chi connectivity index (χ1) is 8.13. The third kappa shape index (κ3) is 2.11. The Bertz CT molecular complexity index is 562. The van der Waals surface area contributed by atoms with Crippen LogP contribution in [0.15, 0.2) is 6.33 Å². The molecule has 2 aromatic heterocycles. The van der Waals surface area contributed by atoms with Crippen molar-refractivity contribution in [3.8, 4) is 0 Å². The number of methoxy groups -OCH3 is 1. The van der Waals surface area contributed by atoms with E-state index in [1.807, 2.05) is 18.2 Å². The molecule has 0 bridgehead atoms. The van der Waals surface area contributed by atoms with Gasteiger partial charge in [-0.3, -0.25) is 9.20 Å².